The predicted octanol–water partition coefficient (Wildman–Crippen LogP) is 2.71. The Labute approximate surface area is 157 Å². The number of hydrogen-bond acceptors (Lipinski definition) is 3. The molecular formula is C19H22F2N2O3S. The molecule has 1 aliphatic heterocycles. The molecular weight excluding hydrogens is 374 g/mol. The summed E-state index contributed by atoms with van der Waals surface area (Å²) >= 11 is 0. The fourth-order valence-electron chi connectivity index (χ4n) is 3.74. The van der Waals surface area contributed by atoms with Gasteiger partial charge in [0.15, 0.2) is 0 Å². The smallest absolute Gasteiger partial charge is 0.261 e. The van der Waals surface area contributed by atoms with E-state index in [1.807, 2.05) is 0 Å². The Morgan fingerprint density at radius 3 is 2.70 bits per heavy atom. The molecule has 4 rings (SSSR count). The lowest BCUT2D eigenvalue weighted by Crippen LogP contribution is -2.45. The molecule has 27 heavy (non-hydrogen) atoms. The summed E-state index contributed by atoms with van der Waals surface area (Å²) in [6, 6.07) is 4.91. The molecule has 1 saturated heterocycles. The lowest BCUT2D eigenvalue weighted by atomic mass is 10.1. The topological polar surface area (TPSA) is 66.5 Å². The van der Waals surface area contributed by atoms with Gasteiger partial charge in [-0.3, -0.25) is 4.79 Å². The van der Waals surface area contributed by atoms with Crippen LogP contribution >= 0.6 is 0 Å². The summed E-state index contributed by atoms with van der Waals surface area (Å²) in [7, 11) is -3.99. The SMILES string of the molecule is CC1=C(C(=O)NC2CC2)Cc2ccc(S(=O)(=O)N3CCCC(F)(F)C3)cc21. The molecule has 146 valence electrons. The number of sulfonamides is 1. The van der Waals surface area contributed by atoms with E-state index in [0.717, 1.165) is 28.3 Å². The lowest BCUT2D eigenvalue weighted by Gasteiger charge is -2.31. The summed E-state index contributed by atoms with van der Waals surface area (Å²) in [6.45, 7) is 1.12. The predicted molar refractivity (Wildman–Crippen MR) is 96.8 cm³/mol. The molecule has 0 aromatic heterocycles. The highest BCUT2D eigenvalue weighted by atomic mass is 32.2. The molecule has 1 aromatic carbocycles. The average molecular weight is 396 g/mol. The number of piperidine rings is 1. The Kier molecular flexibility index (Phi) is 4.38. The van der Waals surface area contributed by atoms with Crippen molar-refractivity contribution in [1.29, 1.82) is 0 Å². The Bertz CT molecular complexity index is 936. The Balaban J connectivity index is 1.62. The van der Waals surface area contributed by atoms with Gasteiger partial charge in [0.05, 0.1) is 11.4 Å². The molecule has 1 saturated carbocycles. The second kappa shape index (κ2) is 6.38. The van der Waals surface area contributed by atoms with Crippen molar-refractivity contribution in [3.63, 3.8) is 0 Å². The highest BCUT2D eigenvalue weighted by Crippen LogP contribution is 2.36. The van der Waals surface area contributed by atoms with E-state index in [-0.39, 0.29) is 36.2 Å². The number of fused-ring (bicyclic) bond motifs is 1. The first-order valence-electron chi connectivity index (χ1n) is 9.19. The van der Waals surface area contributed by atoms with Crippen LogP contribution in [0.15, 0.2) is 28.7 Å². The van der Waals surface area contributed by atoms with Gasteiger partial charge in [0, 0.05) is 31.0 Å². The fourth-order valence-corrected chi connectivity index (χ4v) is 5.27. The minimum absolute atomic E-state index is 0.00199. The first kappa shape index (κ1) is 18.6. The van der Waals surface area contributed by atoms with Gasteiger partial charge in [-0.05, 0) is 55.0 Å². The van der Waals surface area contributed by atoms with Crippen LogP contribution < -0.4 is 5.32 Å². The molecule has 0 unspecified atom stereocenters. The second-order valence-corrected chi connectivity index (χ2v) is 9.58. The second-order valence-electron chi connectivity index (χ2n) is 7.65. The number of amides is 1. The number of allylic oxidation sites excluding steroid dienone is 1. The summed E-state index contributed by atoms with van der Waals surface area (Å²) in [6.07, 6.45) is 2.30. The van der Waals surface area contributed by atoms with Crippen LogP contribution in [0.5, 0.6) is 0 Å². The van der Waals surface area contributed by atoms with Gasteiger partial charge in [0.25, 0.3) is 5.92 Å². The first-order valence-corrected chi connectivity index (χ1v) is 10.6. The van der Waals surface area contributed by atoms with Gasteiger partial charge >= 0.3 is 0 Å². The molecule has 2 fully saturated rings. The molecule has 3 aliphatic rings. The van der Waals surface area contributed by atoms with Crippen LogP contribution in [0.2, 0.25) is 0 Å². The van der Waals surface area contributed by atoms with Crippen LogP contribution in [0, 0.1) is 0 Å². The zero-order valence-corrected chi connectivity index (χ0v) is 15.9. The van der Waals surface area contributed by atoms with Crippen LogP contribution in [-0.4, -0.2) is 43.7 Å². The standard InChI is InChI=1S/C19H22F2N2O3S/c1-12-16-10-15(27(25,26)23-8-2-7-19(20,21)11-23)6-3-13(16)9-17(12)18(24)22-14-4-5-14/h3,6,10,14H,2,4-5,7-9,11H2,1H3,(H,22,24). The number of rotatable bonds is 4. The van der Waals surface area contributed by atoms with Crippen molar-refractivity contribution in [2.24, 2.45) is 0 Å². The van der Waals surface area contributed by atoms with Gasteiger partial charge in [-0.15, -0.1) is 0 Å². The molecule has 1 N–H and O–H groups in total. The summed E-state index contributed by atoms with van der Waals surface area (Å²) in [5, 5.41) is 2.96. The van der Waals surface area contributed by atoms with Crippen molar-refractivity contribution in [2.45, 2.75) is 55.9 Å². The summed E-state index contributed by atoms with van der Waals surface area (Å²) in [5.41, 5.74) is 3.00. The molecule has 0 radical (unpaired) electrons. The van der Waals surface area contributed by atoms with E-state index in [9.17, 15) is 22.0 Å². The van der Waals surface area contributed by atoms with Crippen molar-refractivity contribution >= 4 is 21.5 Å². The Morgan fingerprint density at radius 2 is 2.04 bits per heavy atom. The first-order chi connectivity index (χ1) is 12.7. The Hall–Kier alpha value is -1.80. The molecule has 5 nitrogen and oxygen atoms in total. The van der Waals surface area contributed by atoms with E-state index in [0.29, 0.717) is 17.6 Å². The molecule has 1 amide bonds. The lowest BCUT2D eigenvalue weighted by molar-refractivity contribution is -0.117. The zero-order valence-electron chi connectivity index (χ0n) is 15.1. The van der Waals surface area contributed by atoms with Crippen molar-refractivity contribution < 1.29 is 22.0 Å². The molecule has 8 heteroatoms. The van der Waals surface area contributed by atoms with Crippen molar-refractivity contribution in [3.8, 4) is 0 Å². The van der Waals surface area contributed by atoms with Crippen molar-refractivity contribution in [1.82, 2.24) is 9.62 Å². The largest absolute Gasteiger partial charge is 0.350 e. The van der Waals surface area contributed by atoms with E-state index < -0.39 is 22.5 Å². The van der Waals surface area contributed by atoms with Gasteiger partial charge in [0.1, 0.15) is 0 Å². The number of halogens is 2. The third kappa shape index (κ3) is 3.52. The third-order valence-corrected chi connectivity index (χ3v) is 7.33. The minimum Gasteiger partial charge on any atom is -0.350 e. The number of benzene rings is 1. The number of carbonyl (C=O) groups excluding carboxylic acids is 1. The molecule has 0 bridgehead atoms. The van der Waals surface area contributed by atoms with Gasteiger partial charge in [-0.25, -0.2) is 17.2 Å². The van der Waals surface area contributed by atoms with E-state index in [4.69, 9.17) is 0 Å². The number of alkyl halides is 2. The van der Waals surface area contributed by atoms with Gasteiger partial charge < -0.3 is 5.32 Å². The van der Waals surface area contributed by atoms with Gasteiger partial charge in [-0.2, -0.15) is 4.31 Å². The van der Waals surface area contributed by atoms with Gasteiger partial charge in [0.2, 0.25) is 15.9 Å². The van der Waals surface area contributed by atoms with Crippen LogP contribution in [-0.2, 0) is 21.2 Å². The van der Waals surface area contributed by atoms with Crippen LogP contribution in [0.1, 0.15) is 43.7 Å². The number of carbonyl (C=O) groups is 1. The monoisotopic (exact) mass is 396 g/mol. The number of nitrogens with one attached hydrogen (secondary N) is 1. The maximum Gasteiger partial charge on any atom is 0.261 e. The highest BCUT2D eigenvalue weighted by Gasteiger charge is 2.40. The summed E-state index contributed by atoms with van der Waals surface area (Å²) in [4.78, 5) is 12.4. The maximum absolute atomic E-state index is 13.7. The molecule has 0 spiro atoms. The summed E-state index contributed by atoms with van der Waals surface area (Å²) < 4.78 is 53.9. The molecule has 1 heterocycles. The highest BCUT2D eigenvalue weighted by molar-refractivity contribution is 7.89. The normalized spacial score (nSPS) is 22.6. The number of nitrogens with zero attached hydrogens (tertiary/aromatic N) is 1. The Morgan fingerprint density at radius 1 is 1.30 bits per heavy atom. The third-order valence-electron chi connectivity index (χ3n) is 5.49. The van der Waals surface area contributed by atoms with E-state index >= 15 is 0 Å². The van der Waals surface area contributed by atoms with Crippen molar-refractivity contribution in [2.75, 3.05) is 13.1 Å². The molecule has 0 atom stereocenters. The van der Waals surface area contributed by atoms with Crippen molar-refractivity contribution in [3.05, 3.63) is 34.9 Å². The zero-order chi connectivity index (χ0) is 19.4. The quantitative estimate of drug-likeness (QED) is 0.851. The maximum atomic E-state index is 13.7. The minimum atomic E-state index is -3.99. The van der Waals surface area contributed by atoms with Gasteiger partial charge in [-0.1, -0.05) is 6.07 Å². The molecule has 2 aliphatic carbocycles. The van der Waals surface area contributed by atoms with Crippen LogP contribution in [0.25, 0.3) is 5.57 Å². The summed E-state index contributed by atoms with van der Waals surface area (Å²) in [5.74, 6) is -3.10. The van der Waals surface area contributed by atoms with Crippen LogP contribution in [0.4, 0.5) is 8.78 Å². The van der Waals surface area contributed by atoms with Crippen LogP contribution in [0.3, 0.4) is 0 Å². The van der Waals surface area contributed by atoms with E-state index in [1.54, 1.807) is 13.0 Å². The fraction of sp³-hybridized carbons (Fsp3) is 0.526. The molecule has 1 aromatic rings. The number of hydrogen-bond donors (Lipinski definition) is 1. The van der Waals surface area contributed by atoms with E-state index in [2.05, 4.69) is 5.32 Å². The van der Waals surface area contributed by atoms with E-state index in [1.165, 1.54) is 12.1 Å². The average Bonchev–Trinajstić information content (AvgIpc) is 3.35.